The van der Waals surface area contributed by atoms with Crippen molar-refractivity contribution in [2.45, 2.75) is 45.3 Å². The predicted molar refractivity (Wildman–Crippen MR) is 122 cm³/mol. The van der Waals surface area contributed by atoms with E-state index in [1.165, 1.54) is 25.0 Å². The fraction of sp³-hybridized carbons (Fsp3) is 0.375. The second-order valence-corrected chi connectivity index (χ2v) is 8.64. The van der Waals surface area contributed by atoms with Crippen LogP contribution >= 0.6 is 0 Å². The normalized spacial score (nSPS) is 15.0. The third-order valence-corrected chi connectivity index (χ3v) is 6.01. The van der Waals surface area contributed by atoms with E-state index in [0.29, 0.717) is 23.8 Å². The van der Waals surface area contributed by atoms with Gasteiger partial charge in [-0.2, -0.15) is 13.2 Å². The number of guanidine groups is 1. The molecule has 1 aromatic heterocycles. The molecular formula is C24H28F3N5. The smallest absolute Gasteiger partial charge is 0.369 e. The Morgan fingerprint density at radius 3 is 2.66 bits per heavy atom. The van der Waals surface area contributed by atoms with Crippen LogP contribution in [0.3, 0.4) is 0 Å². The van der Waals surface area contributed by atoms with Crippen LogP contribution in [0.1, 0.15) is 48.9 Å². The number of hydrogen-bond acceptors (Lipinski definition) is 2. The van der Waals surface area contributed by atoms with E-state index in [9.17, 15) is 13.2 Å². The molecule has 8 heteroatoms. The molecule has 0 amide bonds. The summed E-state index contributed by atoms with van der Waals surface area (Å²) < 4.78 is 41.5. The molecule has 5 nitrogen and oxygen atoms in total. The second-order valence-electron chi connectivity index (χ2n) is 8.64. The van der Waals surface area contributed by atoms with Crippen molar-refractivity contribution in [3.05, 3.63) is 65.4 Å². The van der Waals surface area contributed by atoms with Gasteiger partial charge in [0.05, 0.1) is 5.56 Å². The van der Waals surface area contributed by atoms with Crippen LogP contribution in [0.25, 0.3) is 10.8 Å². The molecule has 1 aliphatic carbocycles. The van der Waals surface area contributed by atoms with Crippen LogP contribution in [0, 0.1) is 18.3 Å². The quantitative estimate of drug-likeness (QED) is 0.321. The van der Waals surface area contributed by atoms with Crippen molar-refractivity contribution in [3.8, 4) is 0 Å². The Bertz CT molecular complexity index is 1130. The Kier molecular flexibility index (Phi) is 5.79. The molecular weight excluding hydrogens is 415 g/mol. The van der Waals surface area contributed by atoms with Gasteiger partial charge in [-0.1, -0.05) is 42.7 Å². The Labute approximate surface area is 185 Å². The lowest BCUT2D eigenvalue weighted by Crippen LogP contribution is -2.45. The molecule has 0 spiro atoms. The molecule has 0 unspecified atom stereocenters. The molecule has 1 saturated carbocycles. The van der Waals surface area contributed by atoms with E-state index in [2.05, 4.69) is 5.32 Å². The summed E-state index contributed by atoms with van der Waals surface area (Å²) in [4.78, 5) is 0. The van der Waals surface area contributed by atoms with E-state index in [1.807, 2.05) is 42.9 Å². The standard InChI is InChI=1S/C24H28F3N5/c1-15-6-9-19-14-32(31(23(28)29)11-10-17-7-8-17)22(21(19)12-15)30-16(2)18-4-3-5-20(13-18)24(25,26)27/h3-6,9,12-14,16-17,30H,7-8,10-11H2,1-2H3,(H3,28,29)/t16-/m1/s1. The van der Waals surface area contributed by atoms with Crippen molar-refractivity contribution < 1.29 is 13.2 Å². The Morgan fingerprint density at radius 2 is 2.00 bits per heavy atom. The highest BCUT2D eigenvalue weighted by Crippen LogP contribution is 2.35. The summed E-state index contributed by atoms with van der Waals surface area (Å²) in [6, 6.07) is 11.0. The van der Waals surface area contributed by atoms with Gasteiger partial charge < -0.3 is 11.1 Å². The van der Waals surface area contributed by atoms with Crippen molar-refractivity contribution in [2.24, 2.45) is 11.7 Å². The van der Waals surface area contributed by atoms with E-state index in [4.69, 9.17) is 11.1 Å². The van der Waals surface area contributed by atoms with Gasteiger partial charge in [0.25, 0.3) is 0 Å². The van der Waals surface area contributed by atoms with Crippen molar-refractivity contribution in [1.29, 1.82) is 5.41 Å². The number of fused-ring (bicyclic) bond motifs is 1. The first-order valence-electron chi connectivity index (χ1n) is 10.8. The van der Waals surface area contributed by atoms with Gasteiger partial charge in [-0.05, 0) is 49.9 Å². The molecule has 0 aliphatic heterocycles. The number of anilines is 1. The van der Waals surface area contributed by atoms with Crippen molar-refractivity contribution >= 4 is 22.5 Å². The minimum Gasteiger partial charge on any atom is -0.369 e. The van der Waals surface area contributed by atoms with Gasteiger partial charge in [-0.25, -0.2) is 9.69 Å². The van der Waals surface area contributed by atoms with E-state index >= 15 is 0 Å². The number of halogens is 3. The lowest BCUT2D eigenvalue weighted by molar-refractivity contribution is -0.137. The van der Waals surface area contributed by atoms with Crippen molar-refractivity contribution in [1.82, 2.24) is 4.68 Å². The van der Waals surface area contributed by atoms with Gasteiger partial charge in [-0.15, -0.1) is 0 Å². The fourth-order valence-electron chi connectivity index (χ4n) is 3.97. The molecule has 1 heterocycles. The monoisotopic (exact) mass is 443 g/mol. The summed E-state index contributed by atoms with van der Waals surface area (Å²) in [6.45, 7) is 4.43. The van der Waals surface area contributed by atoms with E-state index in [-0.39, 0.29) is 5.96 Å². The molecule has 0 bridgehead atoms. The first kappa shape index (κ1) is 22.0. The molecule has 32 heavy (non-hydrogen) atoms. The summed E-state index contributed by atoms with van der Waals surface area (Å²) in [6.07, 6.45) is 0.876. The summed E-state index contributed by atoms with van der Waals surface area (Å²) in [5.41, 5.74) is 6.86. The summed E-state index contributed by atoms with van der Waals surface area (Å²) in [7, 11) is 0. The Balaban J connectivity index is 1.72. The van der Waals surface area contributed by atoms with Crippen molar-refractivity contribution in [3.63, 3.8) is 0 Å². The van der Waals surface area contributed by atoms with Gasteiger partial charge in [-0.3, -0.25) is 5.41 Å². The van der Waals surface area contributed by atoms with E-state index in [0.717, 1.165) is 28.8 Å². The SMILES string of the molecule is Cc1ccc2cn(N(CCC3CC3)C(=N)N)c(N[C@H](C)c3cccc(C(F)(F)F)c3)c2c1. The van der Waals surface area contributed by atoms with E-state index in [1.54, 1.807) is 11.1 Å². The minimum atomic E-state index is -4.39. The highest BCUT2D eigenvalue weighted by atomic mass is 19.4. The number of aryl methyl sites for hydroxylation is 1. The largest absolute Gasteiger partial charge is 0.416 e. The third-order valence-electron chi connectivity index (χ3n) is 6.01. The number of aromatic nitrogens is 1. The van der Waals surface area contributed by atoms with Gasteiger partial charge in [0, 0.05) is 29.6 Å². The first-order chi connectivity index (χ1) is 15.1. The maximum Gasteiger partial charge on any atom is 0.416 e. The topological polar surface area (TPSA) is 70.1 Å². The zero-order valence-corrected chi connectivity index (χ0v) is 18.2. The molecule has 4 N–H and O–H groups in total. The average molecular weight is 444 g/mol. The maximum atomic E-state index is 13.2. The van der Waals surface area contributed by atoms with Crippen LogP contribution in [0.4, 0.5) is 19.0 Å². The van der Waals surface area contributed by atoms with Crippen LogP contribution in [0.2, 0.25) is 0 Å². The molecule has 0 radical (unpaired) electrons. The Morgan fingerprint density at radius 1 is 1.25 bits per heavy atom. The number of benzene rings is 2. The van der Waals surface area contributed by atoms with Crippen LogP contribution in [0.15, 0.2) is 48.7 Å². The molecule has 1 aliphatic rings. The minimum absolute atomic E-state index is 0.0718. The van der Waals surface area contributed by atoms with Gasteiger partial charge >= 0.3 is 6.18 Å². The van der Waals surface area contributed by atoms with Crippen LogP contribution in [0.5, 0.6) is 0 Å². The summed E-state index contributed by atoms with van der Waals surface area (Å²) >= 11 is 0. The molecule has 2 aromatic carbocycles. The third kappa shape index (κ3) is 4.69. The molecule has 3 aromatic rings. The fourth-order valence-corrected chi connectivity index (χ4v) is 3.97. The molecule has 1 fully saturated rings. The van der Waals surface area contributed by atoms with Crippen LogP contribution in [-0.2, 0) is 6.18 Å². The number of nitrogens with two attached hydrogens (primary N) is 1. The second kappa shape index (κ2) is 8.41. The van der Waals surface area contributed by atoms with Crippen LogP contribution < -0.4 is 16.1 Å². The van der Waals surface area contributed by atoms with Gasteiger partial charge in [0.1, 0.15) is 5.82 Å². The average Bonchev–Trinajstić information content (AvgIpc) is 3.50. The molecule has 1 atom stereocenters. The van der Waals surface area contributed by atoms with Crippen LogP contribution in [-0.4, -0.2) is 17.2 Å². The van der Waals surface area contributed by atoms with Gasteiger partial charge in [0.15, 0.2) is 0 Å². The molecule has 170 valence electrons. The van der Waals surface area contributed by atoms with E-state index < -0.39 is 17.8 Å². The van der Waals surface area contributed by atoms with Crippen molar-refractivity contribution in [2.75, 3.05) is 16.9 Å². The molecule has 0 saturated heterocycles. The predicted octanol–water partition coefficient (Wildman–Crippen LogP) is 5.77. The van der Waals surface area contributed by atoms with Gasteiger partial charge in [0.2, 0.25) is 5.96 Å². The number of alkyl halides is 3. The zero-order valence-electron chi connectivity index (χ0n) is 18.2. The first-order valence-corrected chi connectivity index (χ1v) is 10.8. The number of nitrogens with one attached hydrogen (secondary N) is 2. The Hall–Kier alpha value is -3.16. The zero-order chi connectivity index (χ0) is 23.0. The number of hydrogen-bond donors (Lipinski definition) is 3. The molecule has 4 rings (SSSR count). The summed E-state index contributed by atoms with van der Waals surface area (Å²) in [5, 5.41) is 15.1. The highest BCUT2D eigenvalue weighted by Gasteiger charge is 2.31. The summed E-state index contributed by atoms with van der Waals surface area (Å²) in [5.74, 6) is 1.31. The highest BCUT2D eigenvalue weighted by molar-refractivity contribution is 5.96. The number of rotatable bonds is 7. The lowest BCUT2D eigenvalue weighted by atomic mass is 10.0. The maximum absolute atomic E-state index is 13.2. The number of nitrogens with zero attached hydrogens (tertiary/aromatic N) is 2. The lowest BCUT2D eigenvalue weighted by Gasteiger charge is -2.28.